The van der Waals surface area contributed by atoms with Crippen molar-refractivity contribution in [2.24, 2.45) is 0 Å². The van der Waals surface area contributed by atoms with Gasteiger partial charge in [-0.25, -0.2) is 13.1 Å². The average molecular weight is 440 g/mol. The highest BCUT2D eigenvalue weighted by Gasteiger charge is 2.18. The van der Waals surface area contributed by atoms with Gasteiger partial charge in [-0.15, -0.1) is 12.4 Å². The van der Waals surface area contributed by atoms with Crippen LogP contribution in [-0.2, 0) is 28.7 Å². The standard InChI is InChI=1S/C20H25N3O4S.ClH/c24-23(25)20-9-8-18-10-13-22(15-19(18)14-20)12-5-4-11-21-28(26,27)16-17-6-2-1-3-7-17;/h1-3,6-9,14,21H,4-5,10-13,15-16H2;1H. The highest BCUT2D eigenvalue weighted by atomic mass is 35.5. The lowest BCUT2D eigenvalue weighted by atomic mass is 9.99. The van der Waals surface area contributed by atoms with Gasteiger partial charge in [-0.05, 0) is 42.5 Å². The van der Waals surface area contributed by atoms with Crippen LogP contribution < -0.4 is 4.72 Å². The number of nitro groups is 1. The van der Waals surface area contributed by atoms with Gasteiger partial charge in [0.25, 0.3) is 5.69 Å². The number of fused-ring (bicyclic) bond motifs is 1. The molecule has 0 saturated heterocycles. The first kappa shape index (κ1) is 23.3. The quantitative estimate of drug-likeness (QED) is 0.367. The van der Waals surface area contributed by atoms with Crippen molar-refractivity contribution >= 4 is 28.1 Å². The topological polar surface area (TPSA) is 92.6 Å². The van der Waals surface area contributed by atoms with E-state index in [1.54, 1.807) is 24.3 Å². The summed E-state index contributed by atoms with van der Waals surface area (Å²) in [6, 6.07) is 14.2. The second kappa shape index (κ2) is 10.7. The first-order valence-corrected chi connectivity index (χ1v) is 11.1. The molecule has 7 nitrogen and oxygen atoms in total. The summed E-state index contributed by atoms with van der Waals surface area (Å²) in [6.45, 7) is 2.90. The Balaban J connectivity index is 0.00000300. The number of hydrogen-bond acceptors (Lipinski definition) is 5. The van der Waals surface area contributed by atoms with Gasteiger partial charge in [-0.2, -0.15) is 0 Å². The molecule has 1 N–H and O–H groups in total. The number of unbranched alkanes of at least 4 members (excludes halogenated alkanes) is 1. The Bertz CT molecular complexity index is 923. The van der Waals surface area contributed by atoms with E-state index in [9.17, 15) is 18.5 Å². The van der Waals surface area contributed by atoms with E-state index in [1.165, 1.54) is 5.56 Å². The van der Waals surface area contributed by atoms with Crippen LogP contribution in [0.1, 0.15) is 29.5 Å². The summed E-state index contributed by atoms with van der Waals surface area (Å²) in [5.41, 5.74) is 3.10. The molecule has 0 atom stereocenters. The number of hydrogen-bond donors (Lipinski definition) is 1. The van der Waals surface area contributed by atoms with Crippen LogP contribution in [0.4, 0.5) is 5.69 Å². The molecule has 9 heteroatoms. The van der Waals surface area contributed by atoms with E-state index in [4.69, 9.17) is 0 Å². The van der Waals surface area contributed by atoms with Gasteiger partial charge in [0, 0.05) is 31.8 Å². The number of sulfonamides is 1. The maximum absolute atomic E-state index is 12.1. The minimum atomic E-state index is -3.32. The lowest BCUT2D eigenvalue weighted by molar-refractivity contribution is -0.385. The van der Waals surface area contributed by atoms with Crippen molar-refractivity contribution in [1.29, 1.82) is 0 Å². The molecule has 0 radical (unpaired) electrons. The van der Waals surface area contributed by atoms with Gasteiger partial charge in [0.05, 0.1) is 10.7 Å². The third-order valence-corrected chi connectivity index (χ3v) is 6.27. The second-order valence-corrected chi connectivity index (χ2v) is 8.89. The Labute approximate surface area is 177 Å². The van der Waals surface area contributed by atoms with Crippen LogP contribution >= 0.6 is 12.4 Å². The molecule has 0 aliphatic carbocycles. The van der Waals surface area contributed by atoms with Gasteiger partial charge >= 0.3 is 0 Å². The Hall–Kier alpha value is -2.00. The zero-order chi connectivity index (χ0) is 20.0. The van der Waals surface area contributed by atoms with Crippen LogP contribution in [0.3, 0.4) is 0 Å². The van der Waals surface area contributed by atoms with E-state index < -0.39 is 10.0 Å². The molecule has 0 spiro atoms. The number of benzene rings is 2. The number of nitrogens with zero attached hydrogens (tertiary/aromatic N) is 2. The van der Waals surface area contributed by atoms with Crippen LogP contribution in [-0.4, -0.2) is 37.9 Å². The van der Waals surface area contributed by atoms with Crippen LogP contribution in [0.5, 0.6) is 0 Å². The third-order valence-electron chi connectivity index (χ3n) is 4.91. The van der Waals surface area contributed by atoms with E-state index >= 15 is 0 Å². The van der Waals surface area contributed by atoms with Crippen LogP contribution in [0, 0.1) is 10.1 Å². The number of halogens is 1. The molecule has 1 heterocycles. The van der Waals surface area contributed by atoms with Crippen LogP contribution in [0.15, 0.2) is 48.5 Å². The van der Waals surface area contributed by atoms with Crippen molar-refractivity contribution in [2.45, 2.75) is 31.6 Å². The average Bonchev–Trinajstić information content (AvgIpc) is 2.67. The molecule has 1 aliphatic heterocycles. The minimum absolute atomic E-state index is 0. The molecule has 2 aromatic carbocycles. The van der Waals surface area contributed by atoms with E-state index in [2.05, 4.69) is 9.62 Å². The predicted octanol–water partition coefficient (Wildman–Crippen LogP) is 3.27. The molecule has 1 aliphatic rings. The van der Waals surface area contributed by atoms with Gasteiger partial charge in [0.15, 0.2) is 0 Å². The summed E-state index contributed by atoms with van der Waals surface area (Å²) >= 11 is 0. The zero-order valence-corrected chi connectivity index (χ0v) is 17.8. The summed E-state index contributed by atoms with van der Waals surface area (Å²) in [5, 5.41) is 10.9. The molecule has 3 rings (SSSR count). The molecular formula is C20H26ClN3O4S. The first-order valence-electron chi connectivity index (χ1n) is 9.43. The lowest BCUT2D eigenvalue weighted by Crippen LogP contribution is -2.32. The second-order valence-electron chi connectivity index (χ2n) is 7.08. The van der Waals surface area contributed by atoms with Crippen LogP contribution in [0.25, 0.3) is 0 Å². The molecule has 29 heavy (non-hydrogen) atoms. The first-order chi connectivity index (χ1) is 13.4. The highest BCUT2D eigenvalue weighted by molar-refractivity contribution is 7.88. The summed E-state index contributed by atoms with van der Waals surface area (Å²) < 4.78 is 26.9. The summed E-state index contributed by atoms with van der Waals surface area (Å²) in [5.74, 6) is -0.00444. The molecule has 0 bridgehead atoms. The molecule has 0 amide bonds. The number of nitrogens with one attached hydrogen (secondary N) is 1. The molecule has 158 valence electrons. The largest absolute Gasteiger partial charge is 0.299 e. The Morgan fingerprint density at radius 3 is 2.55 bits per heavy atom. The molecule has 2 aromatic rings. The Kier molecular flexibility index (Phi) is 8.58. The van der Waals surface area contributed by atoms with E-state index in [0.29, 0.717) is 13.1 Å². The smallest absolute Gasteiger partial charge is 0.269 e. The van der Waals surface area contributed by atoms with Crippen molar-refractivity contribution in [1.82, 2.24) is 9.62 Å². The number of rotatable bonds is 9. The molecule has 0 fully saturated rings. The third kappa shape index (κ3) is 7.08. The fourth-order valence-electron chi connectivity index (χ4n) is 3.44. The Morgan fingerprint density at radius 2 is 1.83 bits per heavy atom. The fraction of sp³-hybridized carbons (Fsp3) is 0.400. The van der Waals surface area contributed by atoms with Crippen molar-refractivity contribution < 1.29 is 13.3 Å². The van der Waals surface area contributed by atoms with Crippen molar-refractivity contribution in [3.63, 3.8) is 0 Å². The van der Waals surface area contributed by atoms with Crippen molar-refractivity contribution in [3.05, 3.63) is 75.3 Å². The Morgan fingerprint density at radius 1 is 1.07 bits per heavy atom. The monoisotopic (exact) mass is 439 g/mol. The van der Waals surface area contributed by atoms with Gasteiger partial charge < -0.3 is 0 Å². The normalized spacial score (nSPS) is 14.1. The SMILES string of the molecule is Cl.O=[N+]([O-])c1ccc2c(c1)CN(CCCCNS(=O)(=O)Cc1ccccc1)CC2. The molecule has 0 unspecified atom stereocenters. The van der Waals surface area contributed by atoms with Crippen molar-refractivity contribution in [2.75, 3.05) is 19.6 Å². The summed E-state index contributed by atoms with van der Waals surface area (Å²) in [6.07, 6.45) is 2.52. The van der Waals surface area contributed by atoms with E-state index in [0.717, 1.165) is 43.5 Å². The van der Waals surface area contributed by atoms with Gasteiger partial charge in [0.2, 0.25) is 10.0 Å². The summed E-state index contributed by atoms with van der Waals surface area (Å²) in [7, 11) is -3.32. The van der Waals surface area contributed by atoms with Gasteiger partial charge in [0.1, 0.15) is 0 Å². The van der Waals surface area contributed by atoms with Gasteiger partial charge in [-0.3, -0.25) is 15.0 Å². The molecule has 0 saturated carbocycles. The van der Waals surface area contributed by atoms with Gasteiger partial charge in [-0.1, -0.05) is 36.4 Å². The minimum Gasteiger partial charge on any atom is -0.299 e. The highest BCUT2D eigenvalue weighted by Crippen LogP contribution is 2.23. The van der Waals surface area contributed by atoms with Crippen LogP contribution in [0.2, 0.25) is 0 Å². The summed E-state index contributed by atoms with van der Waals surface area (Å²) in [4.78, 5) is 12.9. The number of nitro benzene ring substituents is 1. The zero-order valence-electron chi connectivity index (χ0n) is 16.1. The molecule has 0 aromatic heterocycles. The van der Waals surface area contributed by atoms with E-state index in [-0.39, 0.29) is 28.8 Å². The van der Waals surface area contributed by atoms with Crippen molar-refractivity contribution in [3.8, 4) is 0 Å². The maximum atomic E-state index is 12.1. The lowest BCUT2D eigenvalue weighted by Gasteiger charge is -2.28. The predicted molar refractivity (Wildman–Crippen MR) is 116 cm³/mol. The fourth-order valence-corrected chi connectivity index (χ4v) is 4.63. The maximum Gasteiger partial charge on any atom is 0.269 e. The van der Waals surface area contributed by atoms with E-state index in [1.807, 2.05) is 24.3 Å². The number of non-ortho nitro benzene ring substituents is 1. The molecular weight excluding hydrogens is 414 g/mol.